The standard InChI is InChI=1S/C15H19N3O2S/c16-11-13-3-1-2-4-14(13)12-21(19,20)18-9-7-17(8-10-18)15-5-6-15/h1-4,15H,5-10,12H2. The lowest BCUT2D eigenvalue weighted by atomic mass is 10.1. The molecule has 6 heteroatoms. The SMILES string of the molecule is N#Cc1ccccc1CS(=O)(=O)N1CCN(C2CC2)CC1. The summed E-state index contributed by atoms with van der Waals surface area (Å²) in [5.41, 5.74) is 1.03. The molecule has 1 aliphatic heterocycles. The van der Waals surface area contributed by atoms with E-state index >= 15 is 0 Å². The molecule has 0 atom stereocenters. The van der Waals surface area contributed by atoms with E-state index < -0.39 is 10.0 Å². The summed E-state index contributed by atoms with van der Waals surface area (Å²) >= 11 is 0. The number of piperazine rings is 1. The third kappa shape index (κ3) is 3.26. The van der Waals surface area contributed by atoms with Gasteiger partial charge in [0.1, 0.15) is 0 Å². The van der Waals surface area contributed by atoms with Gasteiger partial charge in [0, 0.05) is 32.2 Å². The Morgan fingerprint density at radius 3 is 2.43 bits per heavy atom. The fraction of sp³-hybridized carbons (Fsp3) is 0.533. The van der Waals surface area contributed by atoms with Crippen molar-refractivity contribution in [1.82, 2.24) is 9.21 Å². The molecule has 2 fully saturated rings. The van der Waals surface area contributed by atoms with E-state index in [-0.39, 0.29) is 5.75 Å². The molecule has 1 aromatic rings. The van der Waals surface area contributed by atoms with Crippen molar-refractivity contribution in [1.29, 1.82) is 5.26 Å². The summed E-state index contributed by atoms with van der Waals surface area (Å²) < 4.78 is 26.6. The maximum Gasteiger partial charge on any atom is 0.218 e. The van der Waals surface area contributed by atoms with Crippen molar-refractivity contribution in [2.24, 2.45) is 0 Å². The van der Waals surface area contributed by atoms with Crippen LogP contribution in [0.2, 0.25) is 0 Å². The Morgan fingerprint density at radius 1 is 1.14 bits per heavy atom. The number of nitriles is 1. The van der Waals surface area contributed by atoms with Gasteiger partial charge in [-0.1, -0.05) is 18.2 Å². The van der Waals surface area contributed by atoms with E-state index in [9.17, 15) is 8.42 Å². The fourth-order valence-electron chi connectivity index (χ4n) is 2.83. The van der Waals surface area contributed by atoms with Crippen molar-refractivity contribution in [2.75, 3.05) is 26.2 Å². The molecule has 0 spiro atoms. The van der Waals surface area contributed by atoms with E-state index in [0.29, 0.717) is 30.3 Å². The quantitative estimate of drug-likeness (QED) is 0.837. The van der Waals surface area contributed by atoms with Crippen LogP contribution in [0.5, 0.6) is 0 Å². The average Bonchev–Trinajstić information content (AvgIpc) is 3.32. The fourth-order valence-corrected chi connectivity index (χ4v) is 4.38. The van der Waals surface area contributed by atoms with Crippen molar-refractivity contribution in [2.45, 2.75) is 24.6 Å². The molecule has 0 amide bonds. The first-order valence-corrected chi connectivity index (χ1v) is 8.91. The van der Waals surface area contributed by atoms with E-state index in [0.717, 1.165) is 13.1 Å². The summed E-state index contributed by atoms with van der Waals surface area (Å²) in [5, 5.41) is 9.06. The molecule has 0 N–H and O–H groups in total. The zero-order chi connectivity index (χ0) is 14.9. The van der Waals surface area contributed by atoms with Gasteiger partial charge >= 0.3 is 0 Å². The summed E-state index contributed by atoms with van der Waals surface area (Å²) in [6.07, 6.45) is 2.50. The van der Waals surface area contributed by atoms with Crippen molar-refractivity contribution in [3.05, 3.63) is 35.4 Å². The van der Waals surface area contributed by atoms with Crippen LogP contribution >= 0.6 is 0 Å². The lowest BCUT2D eigenvalue weighted by molar-refractivity contribution is 0.180. The lowest BCUT2D eigenvalue weighted by Gasteiger charge is -2.34. The highest BCUT2D eigenvalue weighted by atomic mass is 32.2. The van der Waals surface area contributed by atoms with Crippen molar-refractivity contribution < 1.29 is 8.42 Å². The van der Waals surface area contributed by atoms with Crippen LogP contribution < -0.4 is 0 Å². The average molecular weight is 305 g/mol. The topological polar surface area (TPSA) is 64.4 Å². The van der Waals surface area contributed by atoms with Gasteiger partial charge in [0.2, 0.25) is 10.0 Å². The number of sulfonamides is 1. The number of nitrogens with zero attached hydrogens (tertiary/aromatic N) is 3. The Labute approximate surface area is 125 Å². The molecule has 1 aromatic carbocycles. The zero-order valence-corrected chi connectivity index (χ0v) is 12.7. The van der Waals surface area contributed by atoms with Gasteiger partial charge in [0.05, 0.1) is 17.4 Å². The molecule has 0 unspecified atom stereocenters. The highest BCUT2D eigenvalue weighted by Crippen LogP contribution is 2.28. The predicted octanol–water partition coefficient (Wildman–Crippen LogP) is 1.17. The Bertz CT molecular complexity index is 654. The summed E-state index contributed by atoms with van der Waals surface area (Å²) in [5.74, 6) is -0.0832. The second kappa shape index (κ2) is 5.76. The van der Waals surface area contributed by atoms with Crippen LogP contribution in [0, 0.1) is 11.3 Å². The maximum absolute atomic E-state index is 12.5. The minimum atomic E-state index is -3.34. The monoisotopic (exact) mass is 305 g/mol. The van der Waals surface area contributed by atoms with Gasteiger partial charge in [0.15, 0.2) is 0 Å². The molecule has 5 nitrogen and oxygen atoms in total. The maximum atomic E-state index is 12.5. The molecule has 1 heterocycles. The molecular weight excluding hydrogens is 286 g/mol. The van der Waals surface area contributed by atoms with Crippen LogP contribution in [0.3, 0.4) is 0 Å². The summed E-state index contributed by atoms with van der Waals surface area (Å²) in [6.45, 7) is 2.77. The molecule has 1 aliphatic carbocycles. The largest absolute Gasteiger partial charge is 0.298 e. The molecule has 3 rings (SSSR count). The second-order valence-electron chi connectivity index (χ2n) is 5.69. The smallest absolute Gasteiger partial charge is 0.218 e. The van der Waals surface area contributed by atoms with Gasteiger partial charge in [0.25, 0.3) is 0 Å². The van der Waals surface area contributed by atoms with Crippen molar-refractivity contribution in [3.8, 4) is 6.07 Å². The summed E-state index contributed by atoms with van der Waals surface area (Å²) in [4.78, 5) is 2.38. The van der Waals surface area contributed by atoms with Crippen LogP contribution in [0.4, 0.5) is 0 Å². The van der Waals surface area contributed by atoms with Crippen LogP contribution in [0.1, 0.15) is 24.0 Å². The molecule has 21 heavy (non-hydrogen) atoms. The first-order valence-electron chi connectivity index (χ1n) is 7.30. The number of hydrogen-bond acceptors (Lipinski definition) is 4. The number of benzene rings is 1. The third-order valence-corrected chi connectivity index (χ3v) is 6.03. The minimum Gasteiger partial charge on any atom is -0.298 e. The normalized spacial score (nSPS) is 21.1. The molecule has 0 aromatic heterocycles. The highest BCUT2D eigenvalue weighted by Gasteiger charge is 2.34. The summed E-state index contributed by atoms with van der Waals surface area (Å²) in [6, 6.07) is 9.66. The summed E-state index contributed by atoms with van der Waals surface area (Å²) in [7, 11) is -3.34. The number of rotatable bonds is 4. The minimum absolute atomic E-state index is 0.0832. The van der Waals surface area contributed by atoms with Gasteiger partial charge in [-0.25, -0.2) is 8.42 Å². The van der Waals surface area contributed by atoms with Crippen LogP contribution in [-0.4, -0.2) is 49.8 Å². The van der Waals surface area contributed by atoms with Gasteiger partial charge in [-0.3, -0.25) is 4.90 Å². The Morgan fingerprint density at radius 2 is 1.81 bits per heavy atom. The van der Waals surface area contributed by atoms with Crippen molar-refractivity contribution in [3.63, 3.8) is 0 Å². The van der Waals surface area contributed by atoms with Crippen LogP contribution in [0.25, 0.3) is 0 Å². The second-order valence-corrected chi connectivity index (χ2v) is 7.66. The molecule has 1 saturated heterocycles. The predicted molar refractivity (Wildman–Crippen MR) is 79.9 cm³/mol. The van der Waals surface area contributed by atoms with E-state index in [1.807, 2.05) is 0 Å². The first kappa shape index (κ1) is 14.5. The van der Waals surface area contributed by atoms with E-state index in [2.05, 4.69) is 11.0 Å². The number of hydrogen-bond donors (Lipinski definition) is 0. The molecule has 1 saturated carbocycles. The molecular formula is C15H19N3O2S. The molecule has 0 radical (unpaired) electrons. The van der Waals surface area contributed by atoms with Crippen LogP contribution in [-0.2, 0) is 15.8 Å². The van der Waals surface area contributed by atoms with Gasteiger partial charge in [-0.05, 0) is 24.5 Å². The third-order valence-electron chi connectivity index (χ3n) is 4.21. The first-order chi connectivity index (χ1) is 10.1. The van der Waals surface area contributed by atoms with E-state index in [1.165, 1.54) is 12.8 Å². The Hall–Kier alpha value is -1.42. The zero-order valence-electron chi connectivity index (χ0n) is 11.9. The van der Waals surface area contributed by atoms with Crippen LogP contribution in [0.15, 0.2) is 24.3 Å². The Balaban J connectivity index is 1.68. The highest BCUT2D eigenvalue weighted by molar-refractivity contribution is 7.88. The van der Waals surface area contributed by atoms with Gasteiger partial charge < -0.3 is 0 Å². The lowest BCUT2D eigenvalue weighted by Crippen LogP contribution is -2.49. The van der Waals surface area contributed by atoms with Gasteiger partial charge in [-0.15, -0.1) is 0 Å². The molecule has 112 valence electrons. The Kier molecular flexibility index (Phi) is 3.98. The molecule has 2 aliphatic rings. The molecule has 0 bridgehead atoms. The van der Waals surface area contributed by atoms with Crippen molar-refractivity contribution >= 4 is 10.0 Å². The van der Waals surface area contributed by atoms with E-state index in [4.69, 9.17) is 5.26 Å². The van der Waals surface area contributed by atoms with Gasteiger partial charge in [-0.2, -0.15) is 9.57 Å². The van der Waals surface area contributed by atoms with E-state index in [1.54, 1.807) is 28.6 Å².